The van der Waals surface area contributed by atoms with Gasteiger partial charge in [-0.2, -0.15) is 0 Å². The summed E-state index contributed by atoms with van der Waals surface area (Å²) in [5, 5.41) is 2.86. The number of hydrogen-bond donors (Lipinski definition) is 1. The molecule has 4 aromatic carbocycles. The van der Waals surface area contributed by atoms with Crippen molar-refractivity contribution < 1.29 is 27.7 Å². The third-order valence-electron chi connectivity index (χ3n) is 6.00. The summed E-state index contributed by atoms with van der Waals surface area (Å²) in [5.41, 5.74) is 4.61. The maximum atomic E-state index is 13.8. The number of nitrogens with one attached hydrogen (secondary N) is 1. The number of phosphoric acid groups is 1. The Kier molecular flexibility index (Phi) is 11.1. The van der Waals surface area contributed by atoms with Crippen molar-refractivity contribution in [3.8, 4) is 0 Å². The first-order valence-corrected chi connectivity index (χ1v) is 14.6. The summed E-state index contributed by atoms with van der Waals surface area (Å²) < 4.78 is 36.5. The zero-order valence-corrected chi connectivity index (χ0v) is 23.4. The number of rotatable bonds is 14. The lowest BCUT2D eigenvalue weighted by atomic mass is 10.0. The first-order valence-electron chi connectivity index (χ1n) is 13.1. The van der Waals surface area contributed by atoms with Gasteiger partial charge in [0.15, 0.2) is 0 Å². The van der Waals surface area contributed by atoms with E-state index >= 15 is 0 Å². The lowest BCUT2D eigenvalue weighted by Gasteiger charge is -2.23. The van der Waals surface area contributed by atoms with Gasteiger partial charge in [-0.25, -0.2) is 9.36 Å². The Labute approximate surface area is 235 Å². The fraction of sp³-hybridized carbons (Fsp3) is 0.219. The summed E-state index contributed by atoms with van der Waals surface area (Å²) in [7, 11) is -4.02. The largest absolute Gasteiger partial charge is 0.475 e. The number of aryl methyl sites for hydroxylation is 1. The van der Waals surface area contributed by atoms with Crippen LogP contribution >= 0.6 is 7.82 Å². The molecular formula is C32H34NO6P. The SMILES string of the molecule is Cc1cccc(C[C@H](COP(=O)(OCc2ccccc2)OCc2ccccc2)NC(=O)OCc2ccccc2)c1. The molecule has 0 aliphatic carbocycles. The van der Waals surface area contributed by atoms with Gasteiger partial charge in [-0.15, -0.1) is 0 Å². The molecule has 0 saturated carbocycles. The van der Waals surface area contributed by atoms with Gasteiger partial charge < -0.3 is 10.1 Å². The molecule has 1 amide bonds. The summed E-state index contributed by atoms with van der Waals surface area (Å²) in [6, 6.07) is 35.6. The van der Waals surface area contributed by atoms with Gasteiger partial charge in [-0.05, 0) is 35.6 Å². The first kappa shape index (κ1) is 29.2. The van der Waals surface area contributed by atoms with Crippen LogP contribution in [0.5, 0.6) is 0 Å². The van der Waals surface area contributed by atoms with Crippen LogP contribution < -0.4 is 5.32 Å². The van der Waals surface area contributed by atoms with E-state index in [1.165, 1.54) is 0 Å². The van der Waals surface area contributed by atoms with E-state index in [0.29, 0.717) is 6.42 Å². The van der Waals surface area contributed by atoms with E-state index in [2.05, 4.69) is 5.32 Å². The summed E-state index contributed by atoms with van der Waals surface area (Å²) in [6.45, 7) is 2.10. The van der Waals surface area contributed by atoms with Crippen molar-refractivity contribution in [1.29, 1.82) is 0 Å². The number of ether oxygens (including phenoxy) is 1. The average molecular weight is 560 g/mol. The molecule has 208 valence electrons. The molecule has 1 atom stereocenters. The topological polar surface area (TPSA) is 83.1 Å². The van der Waals surface area contributed by atoms with Crippen LogP contribution in [-0.4, -0.2) is 18.7 Å². The highest BCUT2D eigenvalue weighted by atomic mass is 31.2. The van der Waals surface area contributed by atoms with Gasteiger partial charge in [0.2, 0.25) is 0 Å². The van der Waals surface area contributed by atoms with Crippen LogP contribution in [0, 0.1) is 6.92 Å². The second-order valence-corrected chi connectivity index (χ2v) is 11.0. The molecule has 0 aliphatic heterocycles. The van der Waals surface area contributed by atoms with Crippen LogP contribution in [0.15, 0.2) is 115 Å². The normalized spacial score (nSPS) is 12.0. The van der Waals surface area contributed by atoms with Gasteiger partial charge in [0.25, 0.3) is 0 Å². The predicted octanol–water partition coefficient (Wildman–Crippen LogP) is 7.39. The Balaban J connectivity index is 1.44. The van der Waals surface area contributed by atoms with E-state index in [1.54, 1.807) is 0 Å². The van der Waals surface area contributed by atoms with Gasteiger partial charge in [-0.1, -0.05) is 121 Å². The lowest BCUT2D eigenvalue weighted by Crippen LogP contribution is -2.40. The van der Waals surface area contributed by atoms with E-state index < -0.39 is 20.0 Å². The third kappa shape index (κ3) is 10.1. The standard InChI is InChI=1S/C32H34NO6P/c1-26-12-11-19-30(20-26)21-31(33-32(34)36-22-27-13-5-2-6-14-27)25-39-40(35,37-23-28-15-7-3-8-16-28)38-24-29-17-9-4-10-18-29/h2-20,31H,21-25H2,1H3,(H,33,34)/t31-/m1/s1. The highest BCUT2D eigenvalue weighted by molar-refractivity contribution is 7.48. The minimum Gasteiger partial charge on any atom is -0.445 e. The predicted molar refractivity (Wildman–Crippen MR) is 154 cm³/mol. The van der Waals surface area contributed by atoms with Crippen LogP contribution in [0.4, 0.5) is 4.79 Å². The quantitative estimate of drug-likeness (QED) is 0.162. The zero-order chi connectivity index (χ0) is 28.0. The van der Waals surface area contributed by atoms with Crippen molar-refractivity contribution in [2.75, 3.05) is 6.61 Å². The van der Waals surface area contributed by atoms with Crippen LogP contribution in [0.3, 0.4) is 0 Å². The van der Waals surface area contributed by atoms with E-state index in [9.17, 15) is 9.36 Å². The highest BCUT2D eigenvalue weighted by Crippen LogP contribution is 2.51. The number of alkyl carbamates (subject to hydrolysis) is 1. The molecule has 0 fully saturated rings. The molecule has 0 unspecified atom stereocenters. The molecule has 4 aromatic rings. The molecule has 4 rings (SSSR count). The van der Waals surface area contributed by atoms with E-state index in [-0.39, 0.29) is 26.4 Å². The minimum atomic E-state index is -4.02. The Bertz CT molecular complexity index is 1320. The van der Waals surface area contributed by atoms with Crippen molar-refractivity contribution in [2.45, 2.75) is 39.2 Å². The summed E-state index contributed by atoms with van der Waals surface area (Å²) in [5.74, 6) is 0. The third-order valence-corrected chi connectivity index (χ3v) is 7.35. The van der Waals surface area contributed by atoms with Crippen LogP contribution in [-0.2, 0) is 49.1 Å². The Morgan fingerprint density at radius 2 is 1.18 bits per heavy atom. The number of hydrogen-bond acceptors (Lipinski definition) is 6. The molecule has 0 spiro atoms. The molecule has 1 N–H and O–H groups in total. The van der Waals surface area contributed by atoms with E-state index in [0.717, 1.165) is 27.8 Å². The van der Waals surface area contributed by atoms with Gasteiger partial charge in [0, 0.05) is 0 Å². The summed E-state index contributed by atoms with van der Waals surface area (Å²) in [6.07, 6.45) is -0.171. The van der Waals surface area contributed by atoms with Gasteiger partial charge in [0.05, 0.1) is 25.9 Å². The second-order valence-electron chi connectivity index (χ2n) is 9.36. The first-order chi connectivity index (χ1) is 19.5. The highest BCUT2D eigenvalue weighted by Gasteiger charge is 2.29. The molecule has 0 aliphatic rings. The van der Waals surface area contributed by atoms with Crippen molar-refractivity contribution >= 4 is 13.9 Å². The van der Waals surface area contributed by atoms with Crippen LogP contribution in [0.2, 0.25) is 0 Å². The Morgan fingerprint density at radius 1 is 0.675 bits per heavy atom. The number of amides is 1. The lowest BCUT2D eigenvalue weighted by molar-refractivity contribution is 0.0904. The molecular weight excluding hydrogens is 525 g/mol. The fourth-order valence-corrected chi connectivity index (χ4v) is 5.16. The second kappa shape index (κ2) is 15.2. The van der Waals surface area contributed by atoms with Gasteiger partial charge >= 0.3 is 13.9 Å². The number of carbonyl (C=O) groups excluding carboxylic acids is 1. The fourth-order valence-electron chi connectivity index (χ4n) is 3.96. The van der Waals surface area contributed by atoms with Crippen LogP contribution in [0.1, 0.15) is 27.8 Å². The maximum Gasteiger partial charge on any atom is 0.475 e. The number of phosphoric ester groups is 1. The molecule has 0 radical (unpaired) electrons. The zero-order valence-electron chi connectivity index (χ0n) is 22.5. The van der Waals surface area contributed by atoms with Gasteiger partial charge in [-0.3, -0.25) is 13.6 Å². The molecule has 7 nitrogen and oxygen atoms in total. The summed E-state index contributed by atoms with van der Waals surface area (Å²) >= 11 is 0. The van der Waals surface area contributed by atoms with Crippen molar-refractivity contribution in [1.82, 2.24) is 5.32 Å². The molecule has 0 saturated heterocycles. The minimum absolute atomic E-state index is 0.0437. The molecule has 0 bridgehead atoms. The smallest absolute Gasteiger partial charge is 0.445 e. The Hall–Kier alpha value is -3.74. The van der Waals surface area contributed by atoms with E-state index in [4.69, 9.17) is 18.3 Å². The number of carbonyl (C=O) groups is 1. The average Bonchev–Trinajstić information content (AvgIpc) is 2.99. The Morgan fingerprint density at radius 3 is 1.70 bits per heavy atom. The molecule has 0 aromatic heterocycles. The van der Waals surface area contributed by atoms with Gasteiger partial charge in [0.1, 0.15) is 6.61 Å². The van der Waals surface area contributed by atoms with Crippen molar-refractivity contribution in [3.05, 3.63) is 143 Å². The van der Waals surface area contributed by atoms with Crippen molar-refractivity contribution in [2.24, 2.45) is 0 Å². The van der Waals surface area contributed by atoms with Crippen LogP contribution in [0.25, 0.3) is 0 Å². The monoisotopic (exact) mass is 559 g/mol. The van der Waals surface area contributed by atoms with Crippen molar-refractivity contribution in [3.63, 3.8) is 0 Å². The molecule has 40 heavy (non-hydrogen) atoms. The number of benzene rings is 4. The van der Waals surface area contributed by atoms with E-state index in [1.807, 2.05) is 122 Å². The maximum absolute atomic E-state index is 13.8. The molecule has 8 heteroatoms. The molecule has 0 heterocycles. The summed E-state index contributed by atoms with van der Waals surface area (Å²) in [4.78, 5) is 12.7.